The minimum Gasteiger partial charge on any atom is -0.483 e. The highest BCUT2D eigenvalue weighted by molar-refractivity contribution is 9.10. The Hall–Kier alpha value is -1.57. The number of rotatable bonds is 5. The second-order valence-corrected chi connectivity index (χ2v) is 8.84. The van der Waals surface area contributed by atoms with Gasteiger partial charge in [-0.25, -0.2) is 0 Å². The first-order valence-electron chi connectivity index (χ1n) is 8.61. The maximum Gasteiger partial charge on any atom is 0.262 e. The number of anilines is 1. The summed E-state index contributed by atoms with van der Waals surface area (Å²) in [7, 11) is 0. The van der Waals surface area contributed by atoms with Crippen LogP contribution in [0.15, 0.2) is 10.5 Å². The van der Waals surface area contributed by atoms with E-state index < -0.39 is 5.91 Å². The van der Waals surface area contributed by atoms with E-state index in [2.05, 4.69) is 21.2 Å². The lowest BCUT2D eigenvalue weighted by Crippen LogP contribution is -2.22. The normalized spacial score (nSPS) is 13.2. The van der Waals surface area contributed by atoms with Gasteiger partial charge in [-0.3, -0.25) is 9.59 Å². The van der Waals surface area contributed by atoms with Crippen molar-refractivity contribution in [3.05, 3.63) is 42.7 Å². The molecule has 5 nitrogen and oxygen atoms in total. The molecule has 1 aromatic carbocycles. The summed E-state index contributed by atoms with van der Waals surface area (Å²) in [4.78, 5) is 25.4. The molecule has 0 saturated carbocycles. The summed E-state index contributed by atoms with van der Waals surface area (Å²) in [5.74, 6) is -0.296. The van der Waals surface area contributed by atoms with Crippen LogP contribution in [0.2, 0.25) is 5.02 Å². The first-order chi connectivity index (χ1) is 12.8. The lowest BCUT2D eigenvalue weighted by atomic mass is 9.95. The van der Waals surface area contributed by atoms with Gasteiger partial charge in [0.25, 0.3) is 11.8 Å². The average molecular weight is 472 g/mol. The van der Waals surface area contributed by atoms with Crippen LogP contribution in [0.25, 0.3) is 0 Å². The van der Waals surface area contributed by atoms with Gasteiger partial charge in [-0.1, -0.05) is 11.6 Å². The van der Waals surface area contributed by atoms with Crippen LogP contribution in [-0.4, -0.2) is 18.4 Å². The quantitative estimate of drug-likeness (QED) is 0.658. The molecule has 0 aliphatic heterocycles. The first-order valence-corrected chi connectivity index (χ1v) is 10.6. The Morgan fingerprint density at radius 1 is 1.33 bits per heavy atom. The number of hydrogen-bond acceptors (Lipinski definition) is 4. The Morgan fingerprint density at radius 3 is 2.74 bits per heavy atom. The predicted molar refractivity (Wildman–Crippen MR) is 112 cm³/mol. The number of primary amides is 1. The third kappa shape index (κ3) is 4.15. The van der Waals surface area contributed by atoms with Crippen LogP contribution in [0.4, 0.5) is 5.00 Å². The van der Waals surface area contributed by atoms with Crippen molar-refractivity contribution in [2.75, 3.05) is 11.9 Å². The molecule has 144 valence electrons. The third-order valence-electron chi connectivity index (χ3n) is 4.60. The van der Waals surface area contributed by atoms with Crippen LogP contribution in [0.3, 0.4) is 0 Å². The summed E-state index contributed by atoms with van der Waals surface area (Å²) < 4.78 is 6.38. The molecule has 1 heterocycles. The number of aryl methyl sites for hydroxylation is 2. The van der Waals surface area contributed by atoms with Crippen LogP contribution >= 0.6 is 38.9 Å². The number of fused-ring (bicyclic) bond motifs is 1. The van der Waals surface area contributed by atoms with E-state index in [1.165, 1.54) is 11.3 Å². The van der Waals surface area contributed by atoms with E-state index in [0.717, 1.165) is 51.7 Å². The first kappa shape index (κ1) is 20.2. The van der Waals surface area contributed by atoms with Gasteiger partial charge in [0.1, 0.15) is 10.8 Å². The summed E-state index contributed by atoms with van der Waals surface area (Å²) in [5, 5.41) is 3.97. The van der Waals surface area contributed by atoms with E-state index in [4.69, 9.17) is 22.1 Å². The second-order valence-electron chi connectivity index (χ2n) is 6.56. The summed E-state index contributed by atoms with van der Waals surface area (Å²) >= 11 is 11.1. The molecule has 1 aromatic heterocycles. The van der Waals surface area contributed by atoms with Gasteiger partial charge in [0, 0.05) is 9.90 Å². The van der Waals surface area contributed by atoms with Crippen LogP contribution in [0.1, 0.15) is 44.8 Å². The molecular formula is C19H20BrClN2O3S. The van der Waals surface area contributed by atoms with E-state index >= 15 is 0 Å². The molecule has 0 bridgehead atoms. The van der Waals surface area contributed by atoms with Crippen molar-refractivity contribution in [3.8, 4) is 5.75 Å². The number of carbonyl (C=O) groups excluding carboxylic acids is 2. The van der Waals surface area contributed by atoms with Gasteiger partial charge in [-0.2, -0.15) is 0 Å². The van der Waals surface area contributed by atoms with E-state index in [1.54, 1.807) is 6.07 Å². The Bertz CT molecular complexity index is 926. The van der Waals surface area contributed by atoms with Gasteiger partial charge >= 0.3 is 0 Å². The van der Waals surface area contributed by atoms with E-state index in [0.29, 0.717) is 21.3 Å². The van der Waals surface area contributed by atoms with Gasteiger partial charge in [0.05, 0.1) is 10.0 Å². The van der Waals surface area contributed by atoms with E-state index in [1.807, 2.05) is 13.8 Å². The summed E-state index contributed by atoms with van der Waals surface area (Å²) in [5.41, 5.74) is 8.72. The highest BCUT2D eigenvalue weighted by Crippen LogP contribution is 2.38. The Kier molecular flexibility index (Phi) is 6.13. The second kappa shape index (κ2) is 8.20. The van der Waals surface area contributed by atoms with Gasteiger partial charge in [-0.05, 0) is 78.2 Å². The maximum absolute atomic E-state index is 12.4. The zero-order chi connectivity index (χ0) is 19.7. The van der Waals surface area contributed by atoms with Crippen molar-refractivity contribution >= 4 is 55.7 Å². The highest BCUT2D eigenvalue weighted by Gasteiger charge is 2.25. The van der Waals surface area contributed by atoms with Crippen molar-refractivity contribution in [2.45, 2.75) is 39.5 Å². The van der Waals surface area contributed by atoms with Crippen molar-refractivity contribution in [2.24, 2.45) is 5.73 Å². The highest BCUT2D eigenvalue weighted by atomic mass is 79.9. The minimum atomic E-state index is -0.502. The fourth-order valence-corrected chi connectivity index (χ4v) is 5.23. The molecule has 0 unspecified atom stereocenters. The van der Waals surface area contributed by atoms with E-state index in [-0.39, 0.29) is 12.5 Å². The molecule has 1 aliphatic carbocycles. The van der Waals surface area contributed by atoms with Gasteiger partial charge in [0.15, 0.2) is 6.61 Å². The number of hydrogen-bond donors (Lipinski definition) is 2. The zero-order valence-corrected chi connectivity index (χ0v) is 18.2. The van der Waals surface area contributed by atoms with Gasteiger partial charge < -0.3 is 15.8 Å². The van der Waals surface area contributed by atoms with Gasteiger partial charge in [-0.15, -0.1) is 11.3 Å². The number of carbonyl (C=O) groups is 2. The third-order valence-corrected chi connectivity index (χ3v) is 7.37. The number of ether oxygens (including phenoxy) is 1. The fourth-order valence-electron chi connectivity index (χ4n) is 3.23. The molecule has 0 atom stereocenters. The summed E-state index contributed by atoms with van der Waals surface area (Å²) in [6.07, 6.45) is 3.87. The molecule has 0 spiro atoms. The number of benzene rings is 1. The Balaban J connectivity index is 1.74. The molecule has 0 fully saturated rings. The van der Waals surface area contributed by atoms with Crippen LogP contribution in [0, 0.1) is 13.8 Å². The molecule has 27 heavy (non-hydrogen) atoms. The smallest absolute Gasteiger partial charge is 0.262 e. The van der Waals surface area contributed by atoms with Crippen molar-refractivity contribution in [1.29, 1.82) is 0 Å². The Labute approximate surface area is 175 Å². The molecule has 1 aliphatic rings. The molecule has 8 heteroatoms. The lowest BCUT2D eigenvalue weighted by Gasteiger charge is -2.13. The van der Waals surface area contributed by atoms with E-state index in [9.17, 15) is 9.59 Å². The lowest BCUT2D eigenvalue weighted by molar-refractivity contribution is -0.118. The molecular weight excluding hydrogens is 452 g/mol. The molecule has 3 N–H and O–H groups in total. The van der Waals surface area contributed by atoms with Crippen molar-refractivity contribution in [1.82, 2.24) is 0 Å². The number of thiophene rings is 1. The predicted octanol–water partition coefficient (Wildman–Crippen LogP) is 4.78. The molecule has 0 radical (unpaired) electrons. The van der Waals surface area contributed by atoms with Crippen molar-refractivity contribution in [3.63, 3.8) is 0 Å². The molecule has 3 rings (SSSR count). The largest absolute Gasteiger partial charge is 0.483 e. The standard InChI is InChI=1S/C19H20BrClN2O3S/c1-9-7-12(16(20)10(2)17(9)21)26-8-14(24)23-19-15(18(22)25)11-5-3-4-6-13(11)27-19/h7H,3-6,8H2,1-2H3,(H2,22,25)(H,23,24). The Morgan fingerprint density at radius 2 is 2.04 bits per heavy atom. The van der Waals surface area contributed by atoms with Crippen molar-refractivity contribution < 1.29 is 14.3 Å². The van der Waals surface area contributed by atoms with Gasteiger partial charge in [0.2, 0.25) is 0 Å². The number of nitrogens with two attached hydrogens (primary N) is 1. The number of nitrogens with one attached hydrogen (secondary N) is 1. The fraction of sp³-hybridized carbons (Fsp3) is 0.368. The molecule has 2 amide bonds. The average Bonchev–Trinajstić information content (AvgIpc) is 2.99. The minimum absolute atomic E-state index is 0.181. The molecule has 0 saturated heterocycles. The zero-order valence-electron chi connectivity index (χ0n) is 15.1. The van der Waals surface area contributed by atoms with Crippen LogP contribution < -0.4 is 15.8 Å². The molecule has 2 aromatic rings. The number of halogens is 2. The van der Waals surface area contributed by atoms with Crippen LogP contribution in [-0.2, 0) is 17.6 Å². The summed E-state index contributed by atoms with van der Waals surface area (Å²) in [6, 6.07) is 1.78. The SMILES string of the molecule is Cc1cc(OCC(=O)Nc2sc3c(c2C(N)=O)CCCC3)c(Br)c(C)c1Cl. The topological polar surface area (TPSA) is 81.4 Å². The van der Waals surface area contributed by atoms with Crippen LogP contribution in [0.5, 0.6) is 5.75 Å². The maximum atomic E-state index is 12.4. The number of amides is 2. The monoisotopic (exact) mass is 470 g/mol. The summed E-state index contributed by atoms with van der Waals surface area (Å²) in [6.45, 7) is 3.57.